The monoisotopic (exact) mass is 419 g/mol. The number of anilines is 2. The van der Waals surface area contributed by atoms with Gasteiger partial charge in [0.25, 0.3) is 5.91 Å². The van der Waals surface area contributed by atoms with Crippen molar-refractivity contribution in [1.82, 2.24) is 0 Å². The number of rotatable bonds is 8. The van der Waals surface area contributed by atoms with Gasteiger partial charge in [-0.2, -0.15) is 5.26 Å². The van der Waals surface area contributed by atoms with E-state index >= 15 is 0 Å². The first kappa shape index (κ1) is 21.4. The lowest BCUT2D eigenvalue weighted by Gasteiger charge is -2.12. The summed E-state index contributed by atoms with van der Waals surface area (Å²) in [7, 11) is 0. The van der Waals surface area contributed by atoms with Crippen LogP contribution in [-0.4, -0.2) is 19.1 Å². The first-order valence-electron chi connectivity index (χ1n) is 8.51. The molecule has 0 aromatic heterocycles. The molecule has 0 unspecified atom stereocenters. The number of carbonyl (C=O) groups excluding carboxylic acids is 1. The normalized spacial score (nSPS) is 10.8. The smallest absolute Gasteiger partial charge is 0.267 e. The van der Waals surface area contributed by atoms with Gasteiger partial charge in [-0.3, -0.25) is 4.79 Å². The first-order chi connectivity index (χ1) is 13.5. The van der Waals surface area contributed by atoms with Gasteiger partial charge in [0, 0.05) is 23.6 Å². The number of nitrogens with zero attached hydrogens (tertiary/aromatic N) is 1. The van der Waals surface area contributed by atoms with Gasteiger partial charge >= 0.3 is 0 Å². The number of hydrogen-bond donors (Lipinski definition) is 2. The van der Waals surface area contributed by atoms with Crippen molar-refractivity contribution in [3.8, 4) is 17.6 Å². The Morgan fingerprint density at radius 2 is 1.71 bits per heavy atom. The summed E-state index contributed by atoms with van der Waals surface area (Å²) in [5, 5.41) is 15.5. The summed E-state index contributed by atoms with van der Waals surface area (Å²) in [4.78, 5) is 12.3. The van der Waals surface area contributed by atoms with E-state index in [1.54, 1.807) is 30.3 Å². The fourth-order valence-electron chi connectivity index (χ4n) is 2.22. The molecule has 2 N–H and O–H groups in total. The van der Waals surface area contributed by atoms with Crippen LogP contribution in [0.5, 0.6) is 11.5 Å². The van der Waals surface area contributed by atoms with E-state index in [1.165, 1.54) is 12.3 Å². The molecule has 0 bridgehead atoms. The lowest BCUT2D eigenvalue weighted by Crippen LogP contribution is -2.14. The zero-order valence-electron chi connectivity index (χ0n) is 15.4. The highest BCUT2D eigenvalue weighted by Gasteiger charge is 2.11. The summed E-state index contributed by atoms with van der Waals surface area (Å²) in [5.41, 5.74) is 0.958. The van der Waals surface area contributed by atoms with Gasteiger partial charge in [0.05, 0.1) is 23.3 Å². The Hall–Kier alpha value is -2.88. The van der Waals surface area contributed by atoms with E-state index in [4.69, 9.17) is 32.7 Å². The van der Waals surface area contributed by atoms with E-state index in [-0.39, 0.29) is 5.57 Å². The third-order valence-corrected chi connectivity index (χ3v) is 4.21. The van der Waals surface area contributed by atoms with Crippen molar-refractivity contribution in [3.05, 3.63) is 58.2 Å². The van der Waals surface area contributed by atoms with E-state index in [0.29, 0.717) is 46.1 Å². The van der Waals surface area contributed by atoms with Gasteiger partial charge in [-0.25, -0.2) is 0 Å². The molecule has 2 rings (SSSR count). The number of benzene rings is 2. The molecule has 2 aromatic carbocycles. The van der Waals surface area contributed by atoms with Crippen LogP contribution in [0.1, 0.15) is 13.8 Å². The largest absolute Gasteiger partial charge is 0.490 e. The second kappa shape index (κ2) is 10.5. The van der Waals surface area contributed by atoms with Gasteiger partial charge < -0.3 is 20.1 Å². The van der Waals surface area contributed by atoms with Crippen molar-refractivity contribution < 1.29 is 14.3 Å². The summed E-state index contributed by atoms with van der Waals surface area (Å²) in [6.45, 7) is 4.75. The van der Waals surface area contributed by atoms with Crippen molar-refractivity contribution >= 4 is 40.5 Å². The van der Waals surface area contributed by atoms with E-state index in [1.807, 2.05) is 19.9 Å². The van der Waals surface area contributed by atoms with Crippen molar-refractivity contribution in [2.75, 3.05) is 23.8 Å². The lowest BCUT2D eigenvalue weighted by atomic mass is 10.2. The van der Waals surface area contributed by atoms with Crippen LogP contribution in [0.4, 0.5) is 11.4 Å². The predicted molar refractivity (Wildman–Crippen MR) is 111 cm³/mol. The van der Waals surface area contributed by atoms with Crippen LogP contribution >= 0.6 is 23.2 Å². The zero-order chi connectivity index (χ0) is 20.5. The van der Waals surface area contributed by atoms with Crippen LogP contribution in [0.2, 0.25) is 10.0 Å². The molecule has 0 heterocycles. The zero-order valence-corrected chi connectivity index (χ0v) is 16.9. The molecule has 0 saturated heterocycles. The van der Waals surface area contributed by atoms with Gasteiger partial charge in [0.1, 0.15) is 11.6 Å². The average Bonchev–Trinajstić information content (AvgIpc) is 2.67. The Morgan fingerprint density at radius 3 is 2.36 bits per heavy atom. The molecule has 28 heavy (non-hydrogen) atoms. The lowest BCUT2D eigenvalue weighted by molar-refractivity contribution is -0.112. The molecule has 0 spiro atoms. The molecule has 146 valence electrons. The Labute approximate surface area is 173 Å². The maximum Gasteiger partial charge on any atom is 0.267 e. The maximum atomic E-state index is 12.3. The fourth-order valence-corrected chi connectivity index (χ4v) is 2.52. The SMILES string of the molecule is CCOc1ccc(N/C=C(/C#N)C(=O)Nc2ccc(Cl)c(Cl)c2)cc1OCC. The number of ether oxygens (including phenoxy) is 2. The maximum absolute atomic E-state index is 12.3. The summed E-state index contributed by atoms with van der Waals surface area (Å²) < 4.78 is 11.1. The first-order valence-corrected chi connectivity index (χ1v) is 9.26. The van der Waals surface area contributed by atoms with Crippen LogP contribution in [-0.2, 0) is 4.79 Å². The van der Waals surface area contributed by atoms with E-state index in [9.17, 15) is 10.1 Å². The highest BCUT2D eigenvalue weighted by atomic mass is 35.5. The van der Waals surface area contributed by atoms with Crippen LogP contribution in [0, 0.1) is 11.3 Å². The highest BCUT2D eigenvalue weighted by molar-refractivity contribution is 6.42. The molecule has 6 nitrogen and oxygen atoms in total. The van der Waals surface area contributed by atoms with Gasteiger partial charge in [0.15, 0.2) is 11.5 Å². The molecular weight excluding hydrogens is 401 g/mol. The number of carbonyl (C=O) groups is 1. The Balaban J connectivity index is 2.13. The predicted octanol–water partition coefficient (Wildman–Crippen LogP) is 5.25. The number of amides is 1. The van der Waals surface area contributed by atoms with Gasteiger partial charge in [-0.05, 0) is 44.2 Å². The summed E-state index contributed by atoms with van der Waals surface area (Å²) in [6.07, 6.45) is 1.32. The molecular formula is C20H19Cl2N3O3. The molecule has 0 saturated carbocycles. The molecule has 0 aliphatic heterocycles. The second-order valence-corrected chi connectivity index (χ2v) is 6.24. The fraction of sp³-hybridized carbons (Fsp3) is 0.200. The minimum Gasteiger partial charge on any atom is -0.490 e. The van der Waals surface area contributed by atoms with Crippen molar-refractivity contribution in [2.24, 2.45) is 0 Å². The van der Waals surface area contributed by atoms with Crippen molar-refractivity contribution in [2.45, 2.75) is 13.8 Å². The third kappa shape index (κ3) is 5.81. The van der Waals surface area contributed by atoms with E-state index in [2.05, 4.69) is 10.6 Å². The summed E-state index contributed by atoms with van der Waals surface area (Å²) >= 11 is 11.8. The summed E-state index contributed by atoms with van der Waals surface area (Å²) in [6, 6.07) is 11.8. The van der Waals surface area contributed by atoms with E-state index < -0.39 is 5.91 Å². The highest BCUT2D eigenvalue weighted by Crippen LogP contribution is 2.30. The molecule has 0 fully saturated rings. The Morgan fingerprint density at radius 1 is 1.04 bits per heavy atom. The molecule has 2 aromatic rings. The molecule has 0 aliphatic carbocycles. The molecule has 1 amide bonds. The van der Waals surface area contributed by atoms with Gasteiger partial charge in [-0.1, -0.05) is 23.2 Å². The van der Waals surface area contributed by atoms with Crippen LogP contribution in [0.15, 0.2) is 48.2 Å². The topological polar surface area (TPSA) is 83.4 Å². The van der Waals surface area contributed by atoms with Gasteiger partial charge in [-0.15, -0.1) is 0 Å². The van der Waals surface area contributed by atoms with Crippen molar-refractivity contribution in [3.63, 3.8) is 0 Å². The standard InChI is InChI=1S/C20H19Cl2N3O3/c1-3-27-18-8-6-14(10-19(18)28-4-2)24-12-13(11-23)20(26)25-15-5-7-16(21)17(22)9-15/h5-10,12,24H,3-4H2,1-2H3,(H,25,26)/b13-12-. The van der Waals surface area contributed by atoms with Crippen LogP contribution in [0.3, 0.4) is 0 Å². The van der Waals surface area contributed by atoms with Crippen molar-refractivity contribution in [1.29, 1.82) is 5.26 Å². The molecule has 0 atom stereocenters. The number of halogens is 2. The summed E-state index contributed by atoms with van der Waals surface area (Å²) in [5.74, 6) is 0.614. The molecule has 0 radical (unpaired) electrons. The van der Waals surface area contributed by atoms with Crippen LogP contribution in [0.25, 0.3) is 0 Å². The van der Waals surface area contributed by atoms with Crippen LogP contribution < -0.4 is 20.1 Å². The minimum absolute atomic E-state index is 0.113. The van der Waals surface area contributed by atoms with E-state index in [0.717, 1.165) is 0 Å². The minimum atomic E-state index is -0.579. The number of nitrogens with one attached hydrogen (secondary N) is 2. The molecule has 8 heteroatoms. The number of nitriles is 1. The molecule has 0 aliphatic rings. The average molecular weight is 420 g/mol. The Bertz CT molecular complexity index is 923. The second-order valence-electron chi connectivity index (χ2n) is 5.42. The third-order valence-electron chi connectivity index (χ3n) is 3.47. The quantitative estimate of drug-likeness (QED) is 0.450. The number of hydrogen-bond acceptors (Lipinski definition) is 5. The van der Waals surface area contributed by atoms with Gasteiger partial charge in [0.2, 0.25) is 0 Å². The Kier molecular flexibility index (Phi) is 8.00.